The van der Waals surface area contributed by atoms with Crippen LogP contribution in [0.4, 0.5) is 0 Å². The van der Waals surface area contributed by atoms with Crippen LogP contribution in [-0.2, 0) is 0 Å². The van der Waals surface area contributed by atoms with Gasteiger partial charge in [-0.1, -0.05) is 20.8 Å². The third-order valence-corrected chi connectivity index (χ3v) is 5.19. The predicted molar refractivity (Wildman–Crippen MR) is 74.2 cm³/mol. The van der Waals surface area contributed by atoms with Gasteiger partial charge in [0.2, 0.25) is 0 Å². The second-order valence-electron chi connectivity index (χ2n) is 6.99. The zero-order chi connectivity index (χ0) is 12.4. The SMILES string of the molecule is CCC1(CNCC(C)(C)C2CCCNC2)CC1. The number of piperidine rings is 1. The molecule has 1 aliphatic heterocycles. The minimum atomic E-state index is 0.442. The van der Waals surface area contributed by atoms with E-state index in [-0.39, 0.29) is 0 Å². The molecule has 1 unspecified atom stereocenters. The zero-order valence-electron chi connectivity index (χ0n) is 11.9. The van der Waals surface area contributed by atoms with Gasteiger partial charge in [0.1, 0.15) is 0 Å². The Hall–Kier alpha value is -0.0800. The zero-order valence-corrected chi connectivity index (χ0v) is 11.9. The van der Waals surface area contributed by atoms with Gasteiger partial charge in [-0.15, -0.1) is 0 Å². The molecule has 1 aliphatic carbocycles. The summed E-state index contributed by atoms with van der Waals surface area (Å²) in [4.78, 5) is 0. The number of rotatable bonds is 6. The van der Waals surface area contributed by atoms with Gasteiger partial charge in [0, 0.05) is 13.1 Å². The van der Waals surface area contributed by atoms with Crippen molar-refractivity contribution in [3.63, 3.8) is 0 Å². The number of hydrogen-bond acceptors (Lipinski definition) is 2. The summed E-state index contributed by atoms with van der Waals surface area (Å²) in [5.41, 5.74) is 1.12. The third kappa shape index (κ3) is 3.45. The van der Waals surface area contributed by atoms with Gasteiger partial charge in [0.15, 0.2) is 0 Å². The molecule has 2 fully saturated rings. The van der Waals surface area contributed by atoms with E-state index in [1.54, 1.807) is 0 Å². The highest BCUT2D eigenvalue weighted by Crippen LogP contribution is 2.48. The molecule has 2 heteroatoms. The monoisotopic (exact) mass is 238 g/mol. The summed E-state index contributed by atoms with van der Waals surface area (Å²) in [5.74, 6) is 0.848. The summed E-state index contributed by atoms with van der Waals surface area (Å²) in [6, 6.07) is 0. The molecule has 2 N–H and O–H groups in total. The highest BCUT2D eigenvalue weighted by Gasteiger charge is 2.40. The van der Waals surface area contributed by atoms with Crippen molar-refractivity contribution in [3.8, 4) is 0 Å². The molecule has 0 radical (unpaired) electrons. The van der Waals surface area contributed by atoms with Gasteiger partial charge < -0.3 is 10.6 Å². The number of nitrogens with one attached hydrogen (secondary N) is 2. The first-order valence-electron chi connectivity index (χ1n) is 7.49. The molecule has 0 amide bonds. The van der Waals surface area contributed by atoms with Crippen molar-refractivity contribution in [1.82, 2.24) is 10.6 Å². The van der Waals surface area contributed by atoms with E-state index in [1.165, 1.54) is 58.3 Å². The maximum Gasteiger partial charge on any atom is 0.000794 e. The Balaban J connectivity index is 1.72. The van der Waals surface area contributed by atoms with Crippen LogP contribution in [-0.4, -0.2) is 26.2 Å². The fourth-order valence-electron chi connectivity index (χ4n) is 3.15. The van der Waals surface area contributed by atoms with Gasteiger partial charge in [0.05, 0.1) is 0 Å². The van der Waals surface area contributed by atoms with Crippen molar-refractivity contribution in [3.05, 3.63) is 0 Å². The molecule has 1 saturated heterocycles. The molecule has 0 bridgehead atoms. The Labute approximate surface area is 107 Å². The largest absolute Gasteiger partial charge is 0.316 e. The molecule has 1 atom stereocenters. The van der Waals surface area contributed by atoms with E-state index in [0.29, 0.717) is 10.8 Å². The average Bonchev–Trinajstić information content (AvgIpc) is 3.11. The minimum Gasteiger partial charge on any atom is -0.316 e. The molecule has 2 aliphatic rings. The van der Waals surface area contributed by atoms with Crippen LogP contribution in [0.25, 0.3) is 0 Å². The standard InChI is InChI=1S/C15H30N2/c1-4-15(7-8-15)12-17-11-14(2,3)13-6-5-9-16-10-13/h13,16-17H,4-12H2,1-3H3. The molecule has 1 heterocycles. The van der Waals surface area contributed by atoms with Gasteiger partial charge in [-0.3, -0.25) is 0 Å². The van der Waals surface area contributed by atoms with E-state index in [9.17, 15) is 0 Å². The maximum atomic E-state index is 3.75. The first-order chi connectivity index (χ1) is 8.08. The molecule has 2 nitrogen and oxygen atoms in total. The van der Waals surface area contributed by atoms with Crippen LogP contribution < -0.4 is 10.6 Å². The molecule has 1 saturated carbocycles. The lowest BCUT2D eigenvalue weighted by Crippen LogP contribution is -2.44. The number of hydrogen-bond donors (Lipinski definition) is 2. The minimum absolute atomic E-state index is 0.442. The molecule has 0 aromatic carbocycles. The van der Waals surface area contributed by atoms with Crippen molar-refractivity contribution < 1.29 is 0 Å². The fraction of sp³-hybridized carbons (Fsp3) is 1.00. The summed E-state index contributed by atoms with van der Waals surface area (Å²) in [5, 5.41) is 7.29. The summed E-state index contributed by atoms with van der Waals surface area (Å²) < 4.78 is 0. The molecule has 100 valence electrons. The van der Waals surface area contributed by atoms with Crippen LogP contribution in [0.2, 0.25) is 0 Å². The molecular formula is C15H30N2. The Morgan fingerprint density at radius 3 is 2.65 bits per heavy atom. The summed E-state index contributed by atoms with van der Waals surface area (Å²) in [7, 11) is 0. The average molecular weight is 238 g/mol. The smallest absolute Gasteiger partial charge is 0.000794 e. The predicted octanol–water partition coefficient (Wildman–Crippen LogP) is 2.79. The van der Waals surface area contributed by atoms with E-state index in [1.807, 2.05) is 0 Å². The molecule has 0 aromatic rings. The van der Waals surface area contributed by atoms with Crippen LogP contribution in [0.5, 0.6) is 0 Å². The van der Waals surface area contributed by atoms with Gasteiger partial charge in [-0.2, -0.15) is 0 Å². The van der Waals surface area contributed by atoms with Gasteiger partial charge in [-0.25, -0.2) is 0 Å². The Bertz CT molecular complexity index is 237. The van der Waals surface area contributed by atoms with E-state index in [2.05, 4.69) is 31.4 Å². The van der Waals surface area contributed by atoms with Crippen LogP contribution in [0.1, 0.15) is 52.9 Å². The first-order valence-corrected chi connectivity index (χ1v) is 7.49. The lowest BCUT2D eigenvalue weighted by atomic mass is 9.75. The summed E-state index contributed by atoms with van der Waals surface area (Å²) in [6.45, 7) is 12.1. The Kier molecular flexibility index (Phi) is 4.14. The van der Waals surface area contributed by atoms with E-state index < -0.39 is 0 Å². The topological polar surface area (TPSA) is 24.1 Å². The van der Waals surface area contributed by atoms with Crippen LogP contribution in [0.15, 0.2) is 0 Å². The van der Waals surface area contributed by atoms with Gasteiger partial charge in [-0.05, 0) is 61.9 Å². The quantitative estimate of drug-likeness (QED) is 0.743. The molecule has 0 aromatic heterocycles. The molecule has 2 rings (SSSR count). The van der Waals surface area contributed by atoms with E-state index >= 15 is 0 Å². The van der Waals surface area contributed by atoms with Crippen molar-refractivity contribution >= 4 is 0 Å². The van der Waals surface area contributed by atoms with Gasteiger partial charge >= 0.3 is 0 Å². The van der Waals surface area contributed by atoms with Crippen LogP contribution in [0.3, 0.4) is 0 Å². The summed E-state index contributed by atoms with van der Waals surface area (Å²) >= 11 is 0. The van der Waals surface area contributed by atoms with Crippen molar-refractivity contribution in [2.24, 2.45) is 16.7 Å². The normalized spacial score (nSPS) is 28.1. The molecular weight excluding hydrogens is 208 g/mol. The van der Waals surface area contributed by atoms with Crippen molar-refractivity contribution in [2.75, 3.05) is 26.2 Å². The lowest BCUT2D eigenvalue weighted by molar-refractivity contribution is 0.163. The highest BCUT2D eigenvalue weighted by atomic mass is 14.9. The van der Waals surface area contributed by atoms with Crippen molar-refractivity contribution in [2.45, 2.75) is 52.9 Å². The highest BCUT2D eigenvalue weighted by molar-refractivity contribution is 4.94. The first kappa shape index (κ1) is 13.4. The molecule has 0 spiro atoms. The third-order valence-electron chi connectivity index (χ3n) is 5.19. The second kappa shape index (κ2) is 5.27. The second-order valence-corrected chi connectivity index (χ2v) is 6.99. The van der Waals surface area contributed by atoms with E-state index in [0.717, 1.165) is 5.92 Å². The Morgan fingerprint density at radius 1 is 1.35 bits per heavy atom. The van der Waals surface area contributed by atoms with Crippen LogP contribution >= 0.6 is 0 Å². The van der Waals surface area contributed by atoms with Crippen LogP contribution in [0, 0.1) is 16.7 Å². The summed E-state index contributed by atoms with van der Waals surface area (Å²) in [6.07, 6.45) is 7.00. The Morgan fingerprint density at radius 2 is 2.12 bits per heavy atom. The fourth-order valence-corrected chi connectivity index (χ4v) is 3.15. The van der Waals surface area contributed by atoms with Gasteiger partial charge in [0.25, 0.3) is 0 Å². The van der Waals surface area contributed by atoms with Crippen molar-refractivity contribution in [1.29, 1.82) is 0 Å². The maximum absolute atomic E-state index is 3.75. The molecule has 17 heavy (non-hydrogen) atoms. The lowest BCUT2D eigenvalue weighted by Gasteiger charge is -2.38. The van der Waals surface area contributed by atoms with E-state index in [4.69, 9.17) is 0 Å².